The number of hydrogen-bond acceptors (Lipinski definition) is 10. The third-order valence-corrected chi connectivity index (χ3v) is 15.0. The summed E-state index contributed by atoms with van der Waals surface area (Å²) in [4.78, 5) is 38.7. The van der Waals surface area contributed by atoms with Gasteiger partial charge in [-0.15, -0.1) is 0 Å². The van der Waals surface area contributed by atoms with Crippen molar-refractivity contribution in [2.45, 2.75) is 94.1 Å². The van der Waals surface area contributed by atoms with Gasteiger partial charge in [0.2, 0.25) is 0 Å². The van der Waals surface area contributed by atoms with Gasteiger partial charge >= 0.3 is 5.97 Å². The SMILES string of the molecule is CC[C@]1(O)C[C@H]2CN(CCc3c([nH]c4ccccc34)[C@@](C(=O)OC)(c3ccc(N(C)[C@H]4[C@@](O)(C(N)=O)[C@H](O)[C@]5(CC)C=CCN6CC[C@@]4(C)C65)cc3OC)C2)C1. The van der Waals surface area contributed by atoms with Gasteiger partial charge in [0.25, 0.3) is 5.91 Å². The summed E-state index contributed by atoms with van der Waals surface area (Å²) in [5.74, 6) is -1.02. The Kier molecular flexibility index (Phi) is 9.44. The number of methoxy groups -OCH3 is 2. The maximum atomic E-state index is 14.8. The van der Waals surface area contributed by atoms with Crippen LogP contribution in [0.5, 0.6) is 5.75 Å². The fourth-order valence-corrected chi connectivity index (χ4v) is 12.6. The van der Waals surface area contributed by atoms with Crippen LogP contribution in [0.4, 0.5) is 5.69 Å². The van der Waals surface area contributed by atoms with Crippen LogP contribution in [0.15, 0.2) is 54.6 Å². The lowest BCUT2D eigenvalue weighted by Crippen LogP contribution is -2.81. The van der Waals surface area contributed by atoms with Crippen LogP contribution in [-0.2, 0) is 26.2 Å². The highest BCUT2D eigenvalue weighted by molar-refractivity contribution is 5.94. The van der Waals surface area contributed by atoms with Gasteiger partial charge in [-0.1, -0.05) is 57.2 Å². The second-order valence-corrected chi connectivity index (χ2v) is 17.8. The van der Waals surface area contributed by atoms with Crippen LogP contribution in [0.1, 0.15) is 69.7 Å². The molecule has 10 atom stereocenters. The smallest absolute Gasteiger partial charge is 0.322 e. The van der Waals surface area contributed by atoms with Crippen molar-refractivity contribution in [1.82, 2.24) is 14.8 Å². The number of ether oxygens (including phenoxy) is 2. The van der Waals surface area contributed by atoms with E-state index in [0.29, 0.717) is 62.1 Å². The summed E-state index contributed by atoms with van der Waals surface area (Å²) in [5, 5.41) is 37.7. The molecule has 2 aromatic carbocycles. The van der Waals surface area contributed by atoms with Gasteiger partial charge in [-0.25, -0.2) is 0 Å². The zero-order valence-electron chi connectivity index (χ0n) is 33.7. The number of esters is 1. The highest BCUT2D eigenvalue weighted by atomic mass is 16.5. The normalized spacial score (nSPS) is 37.8. The molecule has 2 unspecified atom stereocenters. The number of nitrogens with two attached hydrogens (primary N) is 1. The zero-order valence-corrected chi connectivity index (χ0v) is 33.7. The number of nitrogens with one attached hydrogen (secondary N) is 1. The number of nitrogens with zero attached hydrogens (tertiary/aromatic N) is 3. The van der Waals surface area contributed by atoms with E-state index < -0.39 is 51.5 Å². The molecule has 1 aromatic heterocycles. The Labute approximate surface area is 329 Å². The topological polar surface area (TPSA) is 165 Å². The van der Waals surface area contributed by atoms with Crippen molar-refractivity contribution in [3.8, 4) is 5.75 Å². The van der Waals surface area contributed by atoms with Crippen molar-refractivity contribution < 1.29 is 34.4 Å². The Morgan fingerprint density at radius 3 is 2.54 bits per heavy atom. The quantitative estimate of drug-likeness (QED) is 0.169. The summed E-state index contributed by atoms with van der Waals surface area (Å²) < 4.78 is 12.0. The van der Waals surface area contributed by atoms with Crippen LogP contribution in [0.3, 0.4) is 0 Å². The van der Waals surface area contributed by atoms with Gasteiger partial charge in [0.05, 0.1) is 25.9 Å². The minimum Gasteiger partial charge on any atom is -0.496 e. The summed E-state index contributed by atoms with van der Waals surface area (Å²) >= 11 is 0. The van der Waals surface area contributed by atoms with Gasteiger partial charge in [-0.2, -0.15) is 0 Å². The standard InChI is InChI=1S/C44H59N5O7/c1-7-41(53)23-27-24-43(39(52)56-6,34-30(16-20-48(25-27)26-41)29-12-9-10-13-32(29)46-34)31-15-14-28(22-33(31)55-5)47(4)36-40(3)18-21-49-19-11-17-42(8-2,35(40)49)37(50)44(36,54)38(45)51/h9-15,17,22,27,35-37,46,50,53-54H,7-8,16,18-21,23-26H2,1-6H3,(H2,45,51)/t27-,35?,36-,37-,40+,41+,42-,43+,44+/m1/s1. The third-order valence-electron chi connectivity index (χ3n) is 15.0. The number of aromatic amines is 1. The minimum absolute atomic E-state index is 0.0554. The summed E-state index contributed by atoms with van der Waals surface area (Å²) in [7, 11) is 4.83. The highest BCUT2D eigenvalue weighted by Gasteiger charge is 2.74. The minimum atomic E-state index is -2.30. The van der Waals surface area contributed by atoms with Crippen molar-refractivity contribution in [2.75, 3.05) is 58.9 Å². The number of aromatic nitrogens is 1. The van der Waals surface area contributed by atoms with E-state index in [1.807, 2.05) is 74.3 Å². The lowest BCUT2D eigenvalue weighted by molar-refractivity contribution is -0.213. The molecule has 1 saturated carbocycles. The molecule has 6 N–H and O–H groups in total. The van der Waals surface area contributed by atoms with E-state index in [1.165, 1.54) is 7.11 Å². The molecule has 302 valence electrons. The first kappa shape index (κ1) is 38.9. The Morgan fingerprint density at radius 1 is 1.07 bits per heavy atom. The van der Waals surface area contributed by atoms with Gasteiger partial charge in [0, 0.05) is 84.0 Å². The predicted molar refractivity (Wildman–Crippen MR) is 214 cm³/mol. The molecule has 5 heterocycles. The van der Waals surface area contributed by atoms with Crippen LogP contribution in [0.2, 0.25) is 0 Å². The Bertz CT molecular complexity index is 2070. The average Bonchev–Trinajstić information content (AvgIpc) is 3.76. The molecule has 0 radical (unpaired) electrons. The van der Waals surface area contributed by atoms with Crippen LogP contribution in [0, 0.1) is 16.7 Å². The van der Waals surface area contributed by atoms with E-state index in [-0.39, 0.29) is 12.0 Å². The van der Waals surface area contributed by atoms with E-state index in [2.05, 4.69) is 27.8 Å². The summed E-state index contributed by atoms with van der Waals surface area (Å²) in [6, 6.07) is 12.7. The molecule has 4 aliphatic heterocycles. The molecular weight excluding hydrogens is 711 g/mol. The Balaban J connectivity index is 1.31. The Hall–Kier alpha value is -3.94. The molecule has 56 heavy (non-hydrogen) atoms. The molecule has 12 heteroatoms. The lowest BCUT2D eigenvalue weighted by Gasteiger charge is -2.65. The second kappa shape index (κ2) is 13.6. The predicted octanol–water partition coefficient (Wildman–Crippen LogP) is 3.49. The number of benzene rings is 2. The number of carbonyl (C=O) groups excluding carboxylic acids is 2. The molecule has 3 aromatic rings. The summed E-state index contributed by atoms with van der Waals surface area (Å²) in [5.41, 5.74) is 4.04. The molecule has 5 aliphatic rings. The van der Waals surface area contributed by atoms with Gasteiger partial charge in [-0.05, 0) is 68.7 Å². The first-order valence-electron chi connectivity index (χ1n) is 20.3. The lowest BCUT2D eigenvalue weighted by atomic mass is 9.48. The maximum absolute atomic E-state index is 14.8. The number of hydrogen-bond donors (Lipinski definition) is 5. The van der Waals surface area contributed by atoms with Crippen molar-refractivity contribution in [3.63, 3.8) is 0 Å². The van der Waals surface area contributed by atoms with Crippen molar-refractivity contribution in [3.05, 3.63) is 71.4 Å². The number of anilines is 1. The maximum Gasteiger partial charge on any atom is 0.322 e. The Morgan fingerprint density at radius 2 is 1.84 bits per heavy atom. The number of para-hydroxylation sites is 1. The second-order valence-electron chi connectivity index (χ2n) is 17.8. The molecule has 3 fully saturated rings. The first-order chi connectivity index (χ1) is 26.7. The summed E-state index contributed by atoms with van der Waals surface area (Å²) in [6.07, 6.45) is 5.95. The molecule has 1 aliphatic carbocycles. The molecule has 1 amide bonds. The summed E-state index contributed by atoms with van der Waals surface area (Å²) in [6.45, 7) is 9.63. The number of piperidine rings is 1. The molecule has 2 saturated heterocycles. The van der Waals surface area contributed by atoms with Gasteiger partial charge < -0.3 is 40.4 Å². The van der Waals surface area contributed by atoms with Gasteiger partial charge in [0.1, 0.15) is 17.3 Å². The number of amides is 1. The van der Waals surface area contributed by atoms with E-state index in [1.54, 1.807) is 7.11 Å². The fraction of sp³-hybridized carbons (Fsp3) is 0.591. The van der Waals surface area contributed by atoms with Crippen LogP contribution in [-0.4, -0.2) is 125 Å². The number of carbonyl (C=O) groups is 2. The first-order valence-corrected chi connectivity index (χ1v) is 20.3. The molecular formula is C44H59N5O7. The van der Waals surface area contributed by atoms with Crippen LogP contribution < -0.4 is 15.4 Å². The van der Waals surface area contributed by atoms with E-state index >= 15 is 0 Å². The van der Waals surface area contributed by atoms with Gasteiger partial charge in [-0.3, -0.25) is 19.4 Å². The number of fused-ring (bicyclic) bond motifs is 5. The molecule has 0 spiro atoms. The average molecular weight is 770 g/mol. The fourth-order valence-electron chi connectivity index (χ4n) is 12.6. The van der Waals surface area contributed by atoms with Crippen LogP contribution in [0.25, 0.3) is 10.9 Å². The van der Waals surface area contributed by atoms with Crippen molar-refractivity contribution in [1.29, 1.82) is 0 Å². The van der Waals surface area contributed by atoms with E-state index in [9.17, 15) is 24.9 Å². The van der Waals surface area contributed by atoms with Gasteiger partial charge in [0.15, 0.2) is 5.60 Å². The third kappa shape index (κ3) is 5.28. The highest BCUT2D eigenvalue weighted by Crippen LogP contribution is 2.62. The number of likely N-dealkylation sites (N-methyl/N-ethyl adjacent to an activating group) is 1. The largest absolute Gasteiger partial charge is 0.496 e. The molecule has 2 bridgehead atoms. The van der Waals surface area contributed by atoms with Crippen molar-refractivity contribution in [2.24, 2.45) is 22.5 Å². The molecule has 12 nitrogen and oxygen atoms in total. The van der Waals surface area contributed by atoms with Crippen LogP contribution >= 0.6 is 0 Å². The zero-order chi connectivity index (χ0) is 40.0. The van der Waals surface area contributed by atoms with E-state index in [4.69, 9.17) is 15.2 Å². The monoisotopic (exact) mass is 769 g/mol. The number of aliphatic hydroxyl groups is 3. The number of H-pyrrole nitrogens is 1. The van der Waals surface area contributed by atoms with E-state index in [0.717, 1.165) is 48.3 Å². The van der Waals surface area contributed by atoms with Crippen molar-refractivity contribution >= 4 is 28.5 Å². The molecule has 8 rings (SSSR count). The number of rotatable bonds is 8. The number of aliphatic hydroxyl groups excluding tert-OH is 1. The number of primary amides is 1.